The van der Waals surface area contributed by atoms with Crippen molar-refractivity contribution >= 4 is 6.21 Å². The fourth-order valence-electron chi connectivity index (χ4n) is 6.02. The summed E-state index contributed by atoms with van der Waals surface area (Å²) in [6, 6.07) is -2.92. The van der Waals surface area contributed by atoms with E-state index < -0.39 is 98.4 Å². The highest BCUT2D eigenvalue weighted by Gasteiger charge is 2.51. The third kappa shape index (κ3) is 10.9. The summed E-state index contributed by atoms with van der Waals surface area (Å²) in [5.41, 5.74) is 22.1. The molecule has 0 radical (unpaired) electrons. The van der Waals surface area contributed by atoms with Crippen molar-refractivity contribution in [3.63, 3.8) is 0 Å². The second-order valence-corrected chi connectivity index (χ2v) is 13.5. The number of nitrogens with zero attached hydrogens (tertiary/aromatic N) is 1. The molecule has 0 aromatic heterocycles. The van der Waals surface area contributed by atoms with Gasteiger partial charge in [0, 0.05) is 18.3 Å². The molecular weight excluding hydrogens is 628 g/mol. The van der Waals surface area contributed by atoms with Crippen LogP contribution in [0.5, 0.6) is 0 Å². The van der Waals surface area contributed by atoms with Gasteiger partial charge < -0.3 is 71.9 Å². The lowest BCUT2D eigenvalue weighted by Crippen LogP contribution is -2.68. The normalized spacial score (nSPS) is 41.5. The van der Waals surface area contributed by atoms with Crippen molar-refractivity contribution in [2.45, 2.75) is 152 Å². The molecule has 1 aliphatic carbocycles. The van der Waals surface area contributed by atoms with Gasteiger partial charge in [-0.25, -0.2) is 0 Å². The quantitative estimate of drug-likeness (QED) is 0.0717. The van der Waals surface area contributed by atoms with Crippen molar-refractivity contribution in [3.05, 3.63) is 34.9 Å². The first-order chi connectivity index (χ1) is 22.7. The van der Waals surface area contributed by atoms with E-state index >= 15 is 0 Å². The molecule has 0 spiro atoms. The maximum Gasteiger partial charge on any atom is 0.187 e. The van der Waals surface area contributed by atoms with Crippen LogP contribution in [0, 0.1) is 0 Å². The summed E-state index contributed by atoms with van der Waals surface area (Å²) in [5.74, 6) is 0. The standard InChI is InChI=1S/C33H58N4O11/c1-16(2)7-5-8-17(3)9-6-10-18(4)11-12-37-14-21-25(40)27(42)28(43)33(45-21)48-31-20(35)13-19(34)30(29(31)44)47-32-26(41)23(36)24(39)22(15-38)46-32/h7,9,11-12,19-33,38-44H,5-6,8,10,13-15,34-36H2,1-4H3/b17-9+,18-11+,37-12+. The van der Waals surface area contributed by atoms with Gasteiger partial charge in [-0.3, -0.25) is 4.99 Å². The van der Waals surface area contributed by atoms with Crippen LogP contribution in [-0.2, 0) is 18.9 Å². The van der Waals surface area contributed by atoms with Crippen molar-refractivity contribution in [2.24, 2.45) is 22.2 Å². The summed E-state index contributed by atoms with van der Waals surface area (Å²) in [6.45, 7) is 7.67. The summed E-state index contributed by atoms with van der Waals surface area (Å²) in [4.78, 5) is 4.32. The summed E-state index contributed by atoms with van der Waals surface area (Å²) in [7, 11) is 0. The maximum absolute atomic E-state index is 11.2. The Balaban J connectivity index is 1.59. The predicted octanol–water partition coefficient (Wildman–Crippen LogP) is -1.76. The molecule has 3 fully saturated rings. The van der Waals surface area contributed by atoms with E-state index in [2.05, 4.69) is 37.9 Å². The molecule has 2 aliphatic heterocycles. The van der Waals surface area contributed by atoms with E-state index in [-0.39, 0.29) is 13.0 Å². The fraction of sp³-hybridized carbons (Fsp3) is 0.788. The molecule has 276 valence electrons. The van der Waals surface area contributed by atoms with Crippen LogP contribution in [0.2, 0.25) is 0 Å². The van der Waals surface area contributed by atoms with E-state index in [1.165, 1.54) is 11.1 Å². The van der Waals surface area contributed by atoms with Crippen LogP contribution in [0.3, 0.4) is 0 Å². The minimum atomic E-state index is -1.69. The molecule has 15 heteroatoms. The van der Waals surface area contributed by atoms with E-state index in [1.54, 1.807) is 6.21 Å². The molecule has 1 saturated carbocycles. The Morgan fingerprint density at radius 3 is 1.88 bits per heavy atom. The average Bonchev–Trinajstić information content (AvgIpc) is 3.03. The first-order valence-corrected chi connectivity index (χ1v) is 16.7. The lowest BCUT2D eigenvalue weighted by atomic mass is 9.84. The topological polar surface area (TPSA) is 269 Å². The number of aliphatic hydroxyl groups excluding tert-OH is 7. The largest absolute Gasteiger partial charge is 0.394 e. The highest BCUT2D eigenvalue weighted by molar-refractivity contribution is 5.72. The molecule has 2 saturated heterocycles. The molecule has 2 heterocycles. The second-order valence-electron chi connectivity index (χ2n) is 13.5. The van der Waals surface area contributed by atoms with Gasteiger partial charge in [0.15, 0.2) is 12.6 Å². The van der Waals surface area contributed by atoms with Gasteiger partial charge in [-0.15, -0.1) is 0 Å². The van der Waals surface area contributed by atoms with Gasteiger partial charge in [-0.1, -0.05) is 28.9 Å². The Kier molecular flexibility index (Phi) is 16.2. The monoisotopic (exact) mass is 686 g/mol. The Morgan fingerprint density at radius 2 is 1.27 bits per heavy atom. The summed E-state index contributed by atoms with van der Waals surface area (Å²) in [6.07, 6.45) is -4.98. The van der Waals surface area contributed by atoms with Crippen LogP contribution in [0.1, 0.15) is 59.8 Å². The number of hydrogen-bond donors (Lipinski definition) is 10. The van der Waals surface area contributed by atoms with Gasteiger partial charge in [0.2, 0.25) is 0 Å². The van der Waals surface area contributed by atoms with Gasteiger partial charge in [0.05, 0.1) is 19.2 Å². The minimum absolute atomic E-state index is 0.0527. The zero-order valence-electron chi connectivity index (χ0n) is 28.4. The molecule has 0 bridgehead atoms. The first-order valence-electron chi connectivity index (χ1n) is 16.7. The first kappa shape index (κ1) is 40.8. The van der Waals surface area contributed by atoms with Crippen LogP contribution in [0.15, 0.2) is 39.9 Å². The van der Waals surface area contributed by atoms with Crippen LogP contribution in [0.25, 0.3) is 0 Å². The molecule has 13 N–H and O–H groups in total. The van der Waals surface area contributed by atoms with Crippen LogP contribution in [-0.4, -0.2) is 147 Å². The second kappa shape index (κ2) is 19.1. The van der Waals surface area contributed by atoms with E-state index in [4.69, 9.17) is 36.1 Å². The van der Waals surface area contributed by atoms with E-state index in [9.17, 15) is 35.7 Å². The molecule has 15 atom stereocenters. The Labute approximate surface area is 282 Å². The van der Waals surface area contributed by atoms with E-state index in [0.29, 0.717) is 0 Å². The lowest BCUT2D eigenvalue weighted by Gasteiger charge is -2.48. The molecule has 15 nitrogen and oxygen atoms in total. The number of nitrogens with two attached hydrogens (primary N) is 3. The number of allylic oxidation sites excluding steroid dienone is 6. The van der Waals surface area contributed by atoms with E-state index in [1.807, 2.05) is 13.0 Å². The van der Waals surface area contributed by atoms with Crippen molar-refractivity contribution in [2.75, 3.05) is 13.2 Å². The van der Waals surface area contributed by atoms with Gasteiger partial charge >= 0.3 is 0 Å². The van der Waals surface area contributed by atoms with Gasteiger partial charge in [-0.05, 0) is 65.9 Å². The average molecular weight is 687 g/mol. The zero-order valence-corrected chi connectivity index (χ0v) is 28.4. The van der Waals surface area contributed by atoms with Gasteiger partial charge in [0.1, 0.15) is 61.0 Å². The third-order valence-electron chi connectivity index (χ3n) is 9.12. The number of hydrogen-bond acceptors (Lipinski definition) is 15. The number of aliphatic hydroxyl groups is 7. The maximum atomic E-state index is 11.2. The fourth-order valence-corrected chi connectivity index (χ4v) is 6.02. The SMILES string of the molecule is CC(C)=CCC/C(C)=C/CC/C(C)=C/C=N/CC1OC(OC2C(N)CC(N)C(OC3OC(CO)C(O)C(N)C3O)C2O)C(O)C(O)C1O. The third-order valence-corrected chi connectivity index (χ3v) is 9.12. The van der Waals surface area contributed by atoms with Crippen molar-refractivity contribution in [1.82, 2.24) is 0 Å². The summed E-state index contributed by atoms with van der Waals surface area (Å²) < 4.78 is 23.0. The predicted molar refractivity (Wildman–Crippen MR) is 178 cm³/mol. The lowest BCUT2D eigenvalue weighted by molar-refractivity contribution is -0.332. The van der Waals surface area contributed by atoms with Gasteiger partial charge in [0.25, 0.3) is 0 Å². The van der Waals surface area contributed by atoms with E-state index in [0.717, 1.165) is 31.3 Å². The Morgan fingerprint density at radius 1 is 0.708 bits per heavy atom. The Hall–Kier alpha value is -1.67. The summed E-state index contributed by atoms with van der Waals surface area (Å²) in [5, 5.41) is 73.3. The molecule has 48 heavy (non-hydrogen) atoms. The summed E-state index contributed by atoms with van der Waals surface area (Å²) >= 11 is 0. The molecule has 3 aliphatic rings. The van der Waals surface area contributed by atoms with Gasteiger partial charge in [-0.2, -0.15) is 0 Å². The van der Waals surface area contributed by atoms with Crippen molar-refractivity contribution < 1.29 is 54.7 Å². The van der Waals surface area contributed by atoms with Crippen LogP contribution in [0.4, 0.5) is 0 Å². The molecular formula is C33H58N4O11. The zero-order chi connectivity index (χ0) is 35.7. The van der Waals surface area contributed by atoms with Crippen LogP contribution < -0.4 is 17.2 Å². The van der Waals surface area contributed by atoms with Crippen LogP contribution >= 0.6 is 0 Å². The molecule has 15 unspecified atom stereocenters. The van der Waals surface area contributed by atoms with Crippen molar-refractivity contribution in [1.29, 1.82) is 0 Å². The molecule has 0 aromatic carbocycles. The number of aliphatic imine (C=N–C) groups is 1. The Bertz CT molecular complexity index is 1120. The highest BCUT2D eigenvalue weighted by atomic mass is 16.7. The molecule has 3 rings (SSSR count). The number of ether oxygens (including phenoxy) is 4. The molecule has 0 aromatic rings. The number of rotatable bonds is 14. The highest BCUT2D eigenvalue weighted by Crippen LogP contribution is 2.31. The smallest absolute Gasteiger partial charge is 0.187 e. The van der Waals surface area contributed by atoms with Crippen molar-refractivity contribution in [3.8, 4) is 0 Å². The molecule has 0 amide bonds. The minimum Gasteiger partial charge on any atom is -0.394 e.